The van der Waals surface area contributed by atoms with Crippen LogP contribution in [-0.2, 0) is 4.74 Å². The molecule has 0 spiro atoms. The second-order valence-corrected chi connectivity index (χ2v) is 6.98. The molecule has 1 amide bonds. The summed E-state index contributed by atoms with van der Waals surface area (Å²) >= 11 is 0. The fourth-order valence-electron chi connectivity index (χ4n) is 3.53. The Bertz CT molecular complexity index is 658. The predicted molar refractivity (Wildman–Crippen MR) is 95.9 cm³/mol. The number of amides is 1. The molecule has 25 heavy (non-hydrogen) atoms. The first-order valence-electron chi connectivity index (χ1n) is 8.65. The lowest BCUT2D eigenvalue weighted by molar-refractivity contribution is 0.0776. The highest BCUT2D eigenvalue weighted by atomic mass is 16.5. The maximum absolute atomic E-state index is 12.9. The van der Waals surface area contributed by atoms with Gasteiger partial charge < -0.3 is 24.6 Å². The highest BCUT2D eigenvalue weighted by molar-refractivity contribution is 5.95. The Balaban J connectivity index is 2.11. The maximum Gasteiger partial charge on any atom is 0.259 e. The number of aromatic amines is 1. The molecule has 2 atom stereocenters. The largest absolute Gasteiger partial charge is 0.396 e. The van der Waals surface area contributed by atoms with Gasteiger partial charge >= 0.3 is 0 Å². The monoisotopic (exact) mass is 351 g/mol. The molecule has 7 nitrogen and oxygen atoms in total. The number of pyridine rings is 1. The topological polar surface area (TPSA) is 85.9 Å². The van der Waals surface area contributed by atoms with Crippen molar-refractivity contribution in [2.24, 2.45) is 11.8 Å². The second kappa shape index (κ2) is 8.60. The van der Waals surface area contributed by atoms with Gasteiger partial charge in [-0.05, 0) is 26.8 Å². The summed E-state index contributed by atoms with van der Waals surface area (Å²) in [5.74, 6) is -0.0429. The molecule has 0 radical (unpaired) electrons. The zero-order valence-electron chi connectivity index (χ0n) is 15.5. The average Bonchev–Trinajstić information content (AvgIpc) is 2.94. The molecule has 7 heteroatoms. The van der Waals surface area contributed by atoms with Crippen LogP contribution in [0.3, 0.4) is 0 Å². The zero-order valence-corrected chi connectivity index (χ0v) is 15.5. The number of methoxy groups -OCH3 is 1. The van der Waals surface area contributed by atoms with Gasteiger partial charge in [-0.25, -0.2) is 0 Å². The number of hydrogen-bond acceptors (Lipinski definition) is 5. The van der Waals surface area contributed by atoms with Crippen LogP contribution in [0.5, 0.6) is 0 Å². The molecule has 2 N–H and O–H groups in total. The van der Waals surface area contributed by atoms with Gasteiger partial charge in [0.25, 0.3) is 5.91 Å². The number of H-pyrrole nitrogens is 1. The molecular weight excluding hydrogens is 322 g/mol. The van der Waals surface area contributed by atoms with E-state index in [1.165, 1.54) is 6.07 Å². The molecule has 0 saturated carbocycles. The number of rotatable bonds is 7. The van der Waals surface area contributed by atoms with Crippen LogP contribution in [0, 0.1) is 25.7 Å². The van der Waals surface area contributed by atoms with Crippen LogP contribution in [0.4, 0.5) is 0 Å². The van der Waals surface area contributed by atoms with E-state index >= 15 is 0 Å². The summed E-state index contributed by atoms with van der Waals surface area (Å²) in [6.45, 7) is 6.84. The van der Waals surface area contributed by atoms with Crippen molar-refractivity contribution in [1.82, 2.24) is 14.8 Å². The minimum atomic E-state index is -0.251. The molecule has 2 heterocycles. The third kappa shape index (κ3) is 4.68. The maximum atomic E-state index is 12.9. The quantitative estimate of drug-likeness (QED) is 0.736. The molecule has 2 rings (SSSR count). The van der Waals surface area contributed by atoms with Gasteiger partial charge in [0.2, 0.25) is 0 Å². The summed E-state index contributed by atoms with van der Waals surface area (Å²) in [5, 5.41) is 9.69. The smallest absolute Gasteiger partial charge is 0.259 e. The van der Waals surface area contributed by atoms with Gasteiger partial charge in [0.05, 0.1) is 6.61 Å². The van der Waals surface area contributed by atoms with Gasteiger partial charge in [-0.3, -0.25) is 9.59 Å². The fourth-order valence-corrected chi connectivity index (χ4v) is 3.53. The van der Waals surface area contributed by atoms with Gasteiger partial charge in [-0.15, -0.1) is 0 Å². The van der Waals surface area contributed by atoms with Crippen molar-refractivity contribution >= 4 is 5.91 Å². The van der Waals surface area contributed by atoms with E-state index in [1.807, 2.05) is 7.05 Å². The Labute approximate surface area is 148 Å². The summed E-state index contributed by atoms with van der Waals surface area (Å²) in [5.41, 5.74) is 1.29. The summed E-state index contributed by atoms with van der Waals surface area (Å²) in [4.78, 5) is 32.0. The normalized spacial score (nSPS) is 20.5. The molecule has 1 aliphatic rings. The molecular formula is C18H29N3O4. The third-order valence-electron chi connectivity index (χ3n) is 4.89. The van der Waals surface area contributed by atoms with Crippen molar-refractivity contribution in [3.63, 3.8) is 0 Å². The average molecular weight is 351 g/mol. The van der Waals surface area contributed by atoms with Gasteiger partial charge in [0.15, 0.2) is 5.43 Å². The molecule has 1 aromatic heterocycles. The molecule has 140 valence electrons. The first kappa shape index (κ1) is 19.6. The summed E-state index contributed by atoms with van der Waals surface area (Å²) in [6.07, 6.45) is 0. The van der Waals surface area contributed by atoms with E-state index in [1.54, 1.807) is 25.9 Å². The molecule has 1 saturated heterocycles. The SMILES string of the molecule is COCCN(C)C[C@@H]1CN(C(=O)c2c(C)[nH]c(C)cc2=O)C[C@@H]1CO. The summed E-state index contributed by atoms with van der Waals surface area (Å²) in [6, 6.07) is 1.45. The third-order valence-corrected chi connectivity index (χ3v) is 4.89. The van der Waals surface area contributed by atoms with Gasteiger partial charge in [-0.2, -0.15) is 0 Å². The number of aliphatic hydroxyl groups is 1. The molecule has 0 aromatic carbocycles. The number of nitrogens with one attached hydrogen (secondary N) is 1. The number of nitrogens with zero attached hydrogens (tertiary/aromatic N) is 2. The molecule has 1 fully saturated rings. The fraction of sp³-hybridized carbons (Fsp3) is 0.667. The summed E-state index contributed by atoms with van der Waals surface area (Å²) < 4.78 is 5.09. The highest BCUT2D eigenvalue weighted by Crippen LogP contribution is 2.25. The Kier molecular flexibility index (Phi) is 6.75. The molecule has 0 aliphatic carbocycles. The number of hydrogen-bond donors (Lipinski definition) is 2. The number of likely N-dealkylation sites (tertiary alicyclic amines) is 1. The zero-order chi connectivity index (χ0) is 18.6. The Morgan fingerprint density at radius 1 is 1.40 bits per heavy atom. The van der Waals surface area contributed by atoms with E-state index in [9.17, 15) is 14.7 Å². The summed E-state index contributed by atoms with van der Waals surface area (Å²) in [7, 11) is 3.68. The van der Waals surface area contributed by atoms with Crippen molar-refractivity contribution in [2.75, 3.05) is 53.6 Å². The number of aromatic nitrogens is 1. The van der Waals surface area contributed by atoms with E-state index in [0.29, 0.717) is 25.4 Å². The highest BCUT2D eigenvalue weighted by Gasteiger charge is 2.36. The van der Waals surface area contributed by atoms with Crippen molar-refractivity contribution in [1.29, 1.82) is 0 Å². The number of carbonyl (C=O) groups excluding carboxylic acids is 1. The van der Waals surface area contributed by atoms with Crippen LogP contribution in [-0.4, -0.2) is 79.3 Å². The van der Waals surface area contributed by atoms with E-state index in [2.05, 4.69) is 9.88 Å². The minimum Gasteiger partial charge on any atom is -0.396 e. The van der Waals surface area contributed by atoms with Crippen LogP contribution in [0.25, 0.3) is 0 Å². The molecule has 0 unspecified atom stereocenters. The first-order chi connectivity index (χ1) is 11.9. The number of likely N-dealkylation sites (N-methyl/N-ethyl adjacent to an activating group) is 1. The van der Waals surface area contributed by atoms with Crippen LogP contribution in [0.15, 0.2) is 10.9 Å². The lowest BCUT2D eigenvalue weighted by atomic mass is 9.96. The van der Waals surface area contributed by atoms with Gasteiger partial charge in [0.1, 0.15) is 5.56 Å². The van der Waals surface area contributed by atoms with Crippen molar-refractivity contribution in [2.45, 2.75) is 13.8 Å². The van der Waals surface area contributed by atoms with E-state index in [4.69, 9.17) is 4.74 Å². The number of aliphatic hydroxyl groups excluding tert-OH is 1. The Hall–Kier alpha value is -1.70. The standard InChI is InChI=1S/C18H29N3O4/c1-12-7-16(23)17(13(2)19-12)18(24)21-9-14(15(10-21)11-22)8-20(3)5-6-25-4/h7,14-15,22H,5-6,8-11H2,1-4H3,(H,19,23)/t14-,15-/m1/s1. The van der Waals surface area contributed by atoms with E-state index < -0.39 is 0 Å². The van der Waals surface area contributed by atoms with Crippen LogP contribution >= 0.6 is 0 Å². The molecule has 1 aliphatic heterocycles. The van der Waals surface area contributed by atoms with E-state index in [0.717, 1.165) is 18.8 Å². The van der Waals surface area contributed by atoms with Crippen molar-refractivity contribution in [3.05, 3.63) is 33.2 Å². The number of aryl methyl sites for hydroxylation is 2. The predicted octanol–water partition coefficient (Wildman–Crippen LogP) is 0.250. The van der Waals surface area contributed by atoms with Crippen molar-refractivity contribution < 1.29 is 14.6 Å². The lowest BCUT2D eigenvalue weighted by Crippen LogP contribution is -2.35. The molecule has 1 aromatic rings. The second-order valence-electron chi connectivity index (χ2n) is 6.98. The van der Waals surface area contributed by atoms with Gasteiger partial charge in [-0.1, -0.05) is 0 Å². The van der Waals surface area contributed by atoms with Gasteiger partial charge in [0, 0.05) is 63.3 Å². The Morgan fingerprint density at radius 2 is 2.08 bits per heavy atom. The number of ether oxygens (including phenoxy) is 1. The van der Waals surface area contributed by atoms with Crippen LogP contribution in [0.2, 0.25) is 0 Å². The minimum absolute atomic E-state index is 0.0266. The number of carbonyl (C=O) groups is 1. The lowest BCUT2D eigenvalue weighted by Gasteiger charge is -2.23. The molecule has 0 bridgehead atoms. The van der Waals surface area contributed by atoms with Crippen LogP contribution < -0.4 is 5.43 Å². The van der Waals surface area contributed by atoms with E-state index in [-0.39, 0.29) is 35.3 Å². The first-order valence-corrected chi connectivity index (χ1v) is 8.65. The Morgan fingerprint density at radius 3 is 2.68 bits per heavy atom. The van der Waals surface area contributed by atoms with Crippen molar-refractivity contribution in [3.8, 4) is 0 Å². The van der Waals surface area contributed by atoms with Crippen LogP contribution in [0.1, 0.15) is 21.7 Å².